The lowest BCUT2D eigenvalue weighted by atomic mass is 10.3. The quantitative estimate of drug-likeness (QED) is 0.856. The Balaban J connectivity index is 1.98. The molecule has 0 saturated carbocycles. The molecule has 1 aromatic heterocycles. The van der Waals surface area contributed by atoms with Crippen molar-refractivity contribution in [3.63, 3.8) is 0 Å². The molecule has 0 radical (unpaired) electrons. The molecule has 0 fully saturated rings. The lowest BCUT2D eigenvalue weighted by Crippen LogP contribution is -2.32. The molecular formula is C12H14N4OS2. The van der Waals surface area contributed by atoms with Gasteiger partial charge >= 0.3 is 0 Å². The van der Waals surface area contributed by atoms with Gasteiger partial charge in [-0.15, -0.1) is 10.2 Å². The van der Waals surface area contributed by atoms with E-state index < -0.39 is 0 Å². The molecule has 1 heterocycles. The minimum Gasteiger partial charge on any atom is -0.374 e. The molecule has 1 aromatic carbocycles. The van der Waals surface area contributed by atoms with Crippen molar-refractivity contribution in [2.24, 2.45) is 0 Å². The van der Waals surface area contributed by atoms with Gasteiger partial charge in [0, 0.05) is 12.2 Å². The second-order valence-corrected chi connectivity index (χ2v) is 5.90. The third-order valence-corrected chi connectivity index (χ3v) is 4.30. The van der Waals surface area contributed by atoms with Crippen LogP contribution in [0.4, 0.5) is 10.8 Å². The van der Waals surface area contributed by atoms with Gasteiger partial charge in [0.25, 0.3) is 0 Å². The summed E-state index contributed by atoms with van der Waals surface area (Å²) < 4.78 is 0.718. The molecule has 2 N–H and O–H groups in total. The summed E-state index contributed by atoms with van der Waals surface area (Å²) in [5.41, 5.74) is 6.41. The molecule has 19 heavy (non-hydrogen) atoms. The molecule has 0 atom stereocenters. The van der Waals surface area contributed by atoms with Crippen LogP contribution < -0.4 is 10.6 Å². The number of carbonyl (C=O) groups excluding carboxylic acids is 1. The van der Waals surface area contributed by atoms with E-state index >= 15 is 0 Å². The summed E-state index contributed by atoms with van der Waals surface area (Å²) >= 11 is 2.65. The first-order chi connectivity index (χ1) is 9.20. The molecule has 2 rings (SSSR count). The zero-order valence-electron chi connectivity index (χ0n) is 10.4. The summed E-state index contributed by atoms with van der Waals surface area (Å²) in [5, 5.41) is 8.02. The monoisotopic (exact) mass is 294 g/mol. The molecule has 0 aliphatic rings. The number of anilines is 2. The van der Waals surface area contributed by atoms with Gasteiger partial charge in [-0.1, -0.05) is 41.3 Å². The normalized spacial score (nSPS) is 10.4. The maximum absolute atomic E-state index is 12.2. The zero-order chi connectivity index (χ0) is 13.7. The van der Waals surface area contributed by atoms with Crippen LogP contribution in [-0.2, 0) is 4.79 Å². The smallest absolute Gasteiger partial charge is 0.237 e. The van der Waals surface area contributed by atoms with Gasteiger partial charge in [-0.3, -0.25) is 4.79 Å². The van der Waals surface area contributed by atoms with Crippen molar-refractivity contribution in [1.29, 1.82) is 0 Å². The van der Waals surface area contributed by atoms with Gasteiger partial charge in [0.05, 0.1) is 5.75 Å². The molecule has 0 saturated heterocycles. The fourth-order valence-electron chi connectivity index (χ4n) is 1.59. The maximum Gasteiger partial charge on any atom is 0.237 e. The number of thioether (sulfide) groups is 1. The number of amides is 1. The predicted molar refractivity (Wildman–Crippen MR) is 79.5 cm³/mol. The van der Waals surface area contributed by atoms with E-state index in [0.717, 1.165) is 10.0 Å². The number of hydrogen-bond donors (Lipinski definition) is 1. The summed E-state index contributed by atoms with van der Waals surface area (Å²) in [4.78, 5) is 13.9. The van der Waals surface area contributed by atoms with E-state index in [0.29, 0.717) is 17.4 Å². The van der Waals surface area contributed by atoms with Crippen LogP contribution in [0.15, 0.2) is 34.7 Å². The number of hydrogen-bond acceptors (Lipinski definition) is 6. The van der Waals surface area contributed by atoms with Crippen LogP contribution in [0.3, 0.4) is 0 Å². The van der Waals surface area contributed by atoms with Crippen LogP contribution in [0.2, 0.25) is 0 Å². The predicted octanol–water partition coefficient (Wildman–Crippen LogP) is 2.27. The van der Waals surface area contributed by atoms with Gasteiger partial charge in [0.15, 0.2) is 4.34 Å². The Hall–Kier alpha value is -1.60. The molecule has 0 bridgehead atoms. The Bertz CT molecular complexity index is 544. The number of para-hydroxylation sites is 1. The number of benzene rings is 1. The Morgan fingerprint density at radius 1 is 1.37 bits per heavy atom. The summed E-state index contributed by atoms with van der Waals surface area (Å²) in [6.07, 6.45) is 0. The van der Waals surface area contributed by atoms with E-state index in [9.17, 15) is 4.79 Å². The van der Waals surface area contributed by atoms with E-state index in [4.69, 9.17) is 5.73 Å². The van der Waals surface area contributed by atoms with Gasteiger partial charge in [0.2, 0.25) is 11.0 Å². The van der Waals surface area contributed by atoms with Crippen molar-refractivity contribution in [3.05, 3.63) is 30.3 Å². The SMILES string of the molecule is CCN(C(=O)CSc1nnc(N)s1)c1ccccc1. The molecular weight excluding hydrogens is 280 g/mol. The lowest BCUT2D eigenvalue weighted by molar-refractivity contribution is -0.116. The molecule has 0 aliphatic heterocycles. The summed E-state index contributed by atoms with van der Waals surface area (Å²) in [6, 6.07) is 9.62. The van der Waals surface area contributed by atoms with Crippen molar-refractivity contribution < 1.29 is 4.79 Å². The highest BCUT2D eigenvalue weighted by Gasteiger charge is 2.14. The Morgan fingerprint density at radius 3 is 2.68 bits per heavy atom. The summed E-state index contributed by atoms with van der Waals surface area (Å²) in [7, 11) is 0. The molecule has 100 valence electrons. The standard InChI is InChI=1S/C12H14N4OS2/c1-2-16(9-6-4-3-5-7-9)10(17)8-18-12-15-14-11(13)19-12/h3-7H,2,8H2,1H3,(H2,13,14). The third-order valence-electron chi connectivity index (χ3n) is 2.43. The van der Waals surface area contributed by atoms with Crippen LogP contribution in [0, 0.1) is 0 Å². The van der Waals surface area contributed by atoms with E-state index in [2.05, 4.69) is 10.2 Å². The van der Waals surface area contributed by atoms with Gasteiger partial charge in [0.1, 0.15) is 0 Å². The van der Waals surface area contributed by atoms with E-state index in [1.807, 2.05) is 37.3 Å². The molecule has 0 unspecified atom stereocenters. The fourth-order valence-corrected chi connectivity index (χ4v) is 3.10. The topological polar surface area (TPSA) is 72.1 Å². The van der Waals surface area contributed by atoms with E-state index in [-0.39, 0.29) is 5.91 Å². The van der Waals surface area contributed by atoms with Crippen LogP contribution in [0.1, 0.15) is 6.92 Å². The first kappa shape index (κ1) is 13.8. The van der Waals surface area contributed by atoms with E-state index in [1.54, 1.807) is 4.90 Å². The first-order valence-electron chi connectivity index (χ1n) is 5.78. The number of carbonyl (C=O) groups is 1. The van der Waals surface area contributed by atoms with Gasteiger partial charge in [-0.05, 0) is 19.1 Å². The number of aromatic nitrogens is 2. The van der Waals surface area contributed by atoms with Gasteiger partial charge in [-0.2, -0.15) is 0 Å². The Labute approximate surface area is 119 Å². The third kappa shape index (κ3) is 3.68. The first-order valence-corrected chi connectivity index (χ1v) is 7.58. The second kappa shape index (κ2) is 6.53. The highest BCUT2D eigenvalue weighted by molar-refractivity contribution is 8.01. The van der Waals surface area contributed by atoms with Crippen LogP contribution in [0.25, 0.3) is 0 Å². The van der Waals surface area contributed by atoms with Gasteiger partial charge in [-0.25, -0.2) is 0 Å². The average Bonchev–Trinajstić information content (AvgIpc) is 2.84. The summed E-state index contributed by atoms with van der Waals surface area (Å²) in [5.74, 6) is 0.379. The molecule has 0 spiro atoms. The zero-order valence-corrected chi connectivity index (χ0v) is 12.1. The van der Waals surface area contributed by atoms with Crippen molar-refractivity contribution >= 4 is 39.8 Å². The van der Waals surface area contributed by atoms with Crippen molar-refractivity contribution in [1.82, 2.24) is 10.2 Å². The number of nitrogens with two attached hydrogens (primary N) is 1. The van der Waals surface area contributed by atoms with Crippen LogP contribution in [-0.4, -0.2) is 28.4 Å². The number of nitrogen functional groups attached to an aromatic ring is 1. The van der Waals surface area contributed by atoms with Gasteiger partial charge < -0.3 is 10.6 Å². The molecule has 7 heteroatoms. The lowest BCUT2D eigenvalue weighted by Gasteiger charge is -2.20. The second-order valence-electron chi connectivity index (χ2n) is 3.67. The number of nitrogens with zero attached hydrogens (tertiary/aromatic N) is 3. The molecule has 1 amide bonds. The highest BCUT2D eigenvalue weighted by atomic mass is 32.2. The minimum atomic E-state index is 0.0486. The highest BCUT2D eigenvalue weighted by Crippen LogP contribution is 2.24. The maximum atomic E-state index is 12.2. The molecule has 5 nitrogen and oxygen atoms in total. The molecule has 2 aromatic rings. The van der Waals surface area contributed by atoms with E-state index in [1.165, 1.54) is 23.1 Å². The minimum absolute atomic E-state index is 0.0486. The largest absolute Gasteiger partial charge is 0.374 e. The average molecular weight is 294 g/mol. The van der Waals surface area contributed by atoms with Crippen molar-refractivity contribution in [2.75, 3.05) is 22.9 Å². The van der Waals surface area contributed by atoms with Crippen molar-refractivity contribution in [2.45, 2.75) is 11.3 Å². The molecule has 0 aliphatic carbocycles. The van der Waals surface area contributed by atoms with Crippen LogP contribution >= 0.6 is 23.1 Å². The Kier molecular flexibility index (Phi) is 4.75. The van der Waals surface area contributed by atoms with Crippen molar-refractivity contribution in [3.8, 4) is 0 Å². The number of rotatable bonds is 5. The Morgan fingerprint density at radius 2 is 2.11 bits per heavy atom. The fraction of sp³-hybridized carbons (Fsp3) is 0.250. The summed E-state index contributed by atoms with van der Waals surface area (Å²) in [6.45, 7) is 2.60. The van der Waals surface area contributed by atoms with Crippen LogP contribution in [0.5, 0.6) is 0 Å².